The number of hydrogen-bond acceptors (Lipinski definition) is 4. The zero-order valence-corrected chi connectivity index (χ0v) is 7.42. The van der Waals surface area contributed by atoms with Gasteiger partial charge in [-0.2, -0.15) is 0 Å². The van der Waals surface area contributed by atoms with E-state index in [-0.39, 0.29) is 12.3 Å². The highest BCUT2D eigenvalue weighted by molar-refractivity contribution is 6.62. The van der Waals surface area contributed by atoms with Gasteiger partial charge in [0.05, 0.1) is 7.11 Å². The second-order valence-corrected chi connectivity index (χ2v) is 2.84. The van der Waals surface area contributed by atoms with Crippen LogP contribution in [0.4, 0.5) is 0 Å². The van der Waals surface area contributed by atoms with Crippen molar-refractivity contribution < 1.29 is 19.1 Å². The van der Waals surface area contributed by atoms with Gasteiger partial charge < -0.3 is 4.74 Å². The molecule has 0 aliphatic carbocycles. The lowest BCUT2D eigenvalue weighted by Crippen LogP contribution is -2.25. The fourth-order valence-electron chi connectivity index (χ4n) is 0.670. The Labute approximate surface area is 70.9 Å². The number of carbonyl (C=O) groups is 3. The van der Waals surface area contributed by atoms with Gasteiger partial charge in [0.1, 0.15) is 0 Å². The van der Waals surface area contributed by atoms with Crippen molar-refractivity contribution in [1.29, 1.82) is 0 Å². The lowest BCUT2D eigenvalue weighted by Gasteiger charge is -2.00. The molecule has 4 heteroatoms. The van der Waals surface area contributed by atoms with Gasteiger partial charge in [-0.15, -0.1) is 0 Å². The second-order valence-electron chi connectivity index (χ2n) is 2.84. The zero-order chi connectivity index (χ0) is 9.72. The van der Waals surface area contributed by atoms with Crippen LogP contribution in [0.15, 0.2) is 0 Å². The van der Waals surface area contributed by atoms with Gasteiger partial charge in [-0.3, -0.25) is 9.59 Å². The normalized spacial score (nSPS) is 9.67. The number of esters is 1. The van der Waals surface area contributed by atoms with Crippen molar-refractivity contribution in [2.75, 3.05) is 7.11 Å². The maximum atomic E-state index is 10.9. The predicted molar refractivity (Wildman–Crippen MR) is 41.5 cm³/mol. The van der Waals surface area contributed by atoms with Gasteiger partial charge in [-0.1, -0.05) is 13.8 Å². The molecule has 0 N–H and O–H groups in total. The molecule has 0 heterocycles. The van der Waals surface area contributed by atoms with Crippen molar-refractivity contribution in [3.8, 4) is 0 Å². The molecule has 0 bridgehead atoms. The molecule has 12 heavy (non-hydrogen) atoms. The summed E-state index contributed by atoms with van der Waals surface area (Å²) < 4.78 is 4.11. The highest BCUT2D eigenvalue weighted by Gasteiger charge is 2.23. The minimum atomic E-state index is -1.08. The van der Waals surface area contributed by atoms with Crippen LogP contribution in [-0.2, 0) is 19.1 Å². The summed E-state index contributed by atoms with van der Waals surface area (Å²) in [6.45, 7) is 3.59. The molecule has 4 nitrogen and oxygen atoms in total. The second kappa shape index (κ2) is 4.64. The quantitative estimate of drug-likeness (QED) is 0.348. The number of hydrogen-bond donors (Lipinski definition) is 0. The molecule has 0 radical (unpaired) electrons. The first-order valence-electron chi connectivity index (χ1n) is 3.64. The molecule has 0 aliphatic heterocycles. The molecule has 0 spiro atoms. The highest BCUT2D eigenvalue weighted by atomic mass is 16.5. The van der Waals surface area contributed by atoms with Gasteiger partial charge in [-0.25, -0.2) is 4.79 Å². The van der Waals surface area contributed by atoms with Crippen molar-refractivity contribution in [2.24, 2.45) is 5.92 Å². The first-order chi connectivity index (χ1) is 5.49. The van der Waals surface area contributed by atoms with Crippen LogP contribution in [0, 0.1) is 5.92 Å². The molecular formula is C8H12O4. The fraction of sp³-hybridized carbons (Fsp3) is 0.625. The van der Waals surface area contributed by atoms with Crippen LogP contribution in [0.25, 0.3) is 0 Å². The minimum absolute atomic E-state index is 0.0751. The maximum absolute atomic E-state index is 10.9. The Balaban J connectivity index is 4.12. The van der Waals surface area contributed by atoms with Gasteiger partial charge >= 0.3 is 11.8 Å². The Hall–Kier alpha value is -1.19. The van der Waals surface area contributed by atoms with Crippen LogP contribution in [0.5, 0.6) is 0 Å². The first-order valence-corrected chi connectivity index (χ1v) is 3.64. The van der Waals surface area contributed by atoms with E-state index in [0.29, 0.717) is 0 Å². The molecule has 68 valence electrons. The summed E-state index contributed by atoms with van der Waals surface area (Å²) in [5, 5.41) is 0. The standard InChI is InChI=1S/C8H12O4/c1-5(2)4-6(9)7(10)8(11)12-3/h5H,4H2,1-3H3. The first kappa shape index (κ1) is 10.8. The van der Waals surface area contributed by atoms with Crippen LogP contribution in [0.3, 0.4) is 0 Å². The summed E-state index contributed by atoms with van der Waals surface area (Å²) in [7, 11) is 1.07. The van der Waals surface area contributed by atoms with Gasteiger partial charge in [-0.05, 0) is 5.92 Å². The van der Waals surface area contributed by atoms with Gasteiger partial charge in [0.2, 0.25) is 5.78 Å². The van der Waals surface area contributed by atoms with Crippen LogP contribution in [0.1, 0.15) is 20.3 Å². The molecule has 0 fully saturated rings. The lowest BCUT2D eigenvalue weighted by molar-refractivity contribution is -0.155. The van der Waals surface area contributed by atoms with Gasteiger partial charge in [0.25, 0.3) is 0 Å². The van der Waals surface area contributed by atoms with Crippen molar-refractivity contribution in [3.05, 3.63) is 0 Å². The molecule has 0 saturated carbocycles. The van der Waals surface area contributed by atoms with Crippen molar-refractivity contribution in [1.82, 2.24) is 0 Å². The van der Waals surface area contributed by atoms with E-state index < -0.39 is 17.5 Å². The van der Waals surface area contributed by atoms with E-state index in [0.717, 1.165) is 7.11 Å². The van der Waals surface area contributed by atoms with E-state index in [1.807, 2.05) is 0 Å². The Morgan fingerprint density at radius 2 is 1.75 bits per heavy atom. The van der Waals surface area contributed by atoms with Crippen LogP contribution in [0.2, 0.25) is 0 Å². The molecule has 0 aliphatic rings. The number of Topliss-reactive ketones (excluding diaryl/α,β-unsaturated/α-hetero) is 2. The molecule has 0 aromatic carbocycles. The molecule has 0 atom stereocenters. The number of rotatable bonds is 4. The van der Waals surface area contributed by atoms with Crippen LogP contribution < -0.4 is 0 Å². The molecule has 0 saturated heterocycles. The summed E-state index contributed by atoms with van der Waals surface area (Å²) in [6, 6.07) is 0. The van der Waals surface area contributed by atoms with E-state index in [4.69, 9.17) is 0 Å². The summed E-state index contributed by atoms with van der Waals surface area (Å²) in [5.74, 6) is -2.75. The fourth-order valence-corrected chi connectivity index (χ4v) is 0.670. The third-order valence-electron chi connectivity index (χ3n) is 1.22. The Morgan fingerprint density at radius 1 is 1.25 bits per heavy atom. The molecule has 0 rings (SSSR count). The molecule has 0 unspecified atom stereocenters. The smallest absolute Gasteiger partial charge is 0.382 e. The number of methoxy groups -OCH3 is 1. The van der Waals surface area contributed by atoms with Crippen molar-refractivity contribution >= 4 is 17.5 Å². The molecule has 0 aromatic heterocycles. The molecular weight excluding hydrogens is 160 g/mol. The summed E-state index contributed by atoms with van der Waals surface area (Å²) in [4.78, 5) is 32.2. The lowest BCUT2D eigenvalue weighted by atomic mass is 10.0. The molecule has 0 aromatic rings. The van der Waals surface area contributed by atoms with Crippen LogP contribution >= 0.6 is 0 Å². The Morgan fingerprint density at radius 3 is 2.08 bits per heavy atom. The number of carbonyl (C=O) groups excluding carboxylic acids is 3. The van der Waals surface area contributed by atoms with Gasteiger partial charge in [0.15, 0.2) is 0 Å². The SMILES string of the molecule is COC(=O)C(=O)C(=O)CC(C)C. The summed E-state index contributed by atoms with van der Waals surface area (Å²) in [6.07, 6.45) is 0.0912. The summed E-state index contributed by atoms with van der Waals surface area (Å²) >= 11 is 0. The monoisotopic (exact) mass is 172 g/mol. The molecule has 0 amide bonds. The van der Waals surface area contributed by atoms with E-state index in [2.05, 4.69) is 4.74 Å². The highest BCUT2D eigenvalue weighted by Crippen LogP contribution is 2.00. The zero-order valence-electron chi connectivity index (χ0n) is 7.42. The summed E-state index contributed by atoms with van der Waals surface area (Å²) in [5.41, 5.74) is 0. The van der Waals surface area contributed by atoms with E-state index in [1.165, 1.54) is 0 Å². The van der Waals surface area contributed by atoms with E-state index in [1.54, 1.807) is 13.8 Å². The largest absolute Gasteiger partial charge is 0.463 e. The average Bonchev–Trinajstić information content (AvgIpc) is 2.00. The third-order valence-corrected chi connectivity index (χ3v) is 1.22. The van der Waals surface area contributed by atoms with Crippen molar-refractivity contribution in [3.63, 3.8) is 0 Å². The van der Waals surface area contributed by atoms with Crippen LogP contribution in [-0.4, -0.2) is 24.6 Å². The van der Waals surface area contributed by atoms with E-state index in [9.17, 15) is 14.4 Å². The third kappa shape index (κ3) is 3.27. The predicted octanol–water partition coefficient (Wildman–Crippen LogP) is 0.344. The Kier molecular flexibility index (Phi) is 4.18. The Bertz CT molecular complexity index is 205. The minimum Gasteiger partial charge on any atom is -0.463 e. The number of ether oxygens (including phenoxy) is 1. The topological polar surface area (TPSA) is 60.4 Å². The maximum Gasteiger partial charge on any atom is 0.382 e. The average molecular weight is 172 g/mol. The number of ketones is 2. The van der Waals surface area contributed by atoms with Gasteiger partial charge in [0, 0.05) is 6.42 Å². The van der Waals surface area contributed by atoms with Crippen molar-refractivity contribution in [2.45, 2.75) is 20.3 Å². The van der Waals surface area contributed by atoms with E-state index >= 15 is 0 Å².